The van der Waals surface area contributed by atoms with Gasteiger partial charge in [-0.25, -0.2) is 13.8 Å². The maximum Gasteiger partial charge on any atom is 0.248 e. The first-order chi connectivity index (χ1) is 10.5. The minimum Gasteiger partial charge on any atom is -0.378 e. The molecule has 2 aliphatic rings. The third kappa shape index (κ3) is 3.76. The number of hydrogen-bond donors (Lipinski definition) is 1. The molecule has 1 aromatic rings. The SMILES string of the molecule is FC1(F)CCC(Nc2nc(Cl)ncc2N2CCOCC2)CC1. The summed E-state index contributed by atoms with van der Waals surface area (Å²) in [6.45, 7) is 2.81. The Hall–Kier alpha value is -1.21. The molecule has 2 fully saturated rings. The molecule has 0 bridgehead atoms. The third-order valence-corrected chi connectivity index (χ3v) is 4.33. The molecule has 0 amide bonds. The standard InChI is InChI=1S/C14H19ClF2N4O/c15-13-18-9-11(21-5-7-22-8-6-21)12(20-13)19-10-1-3-14(16,17)4-2-10/h9-10H,1-8H2,(H,18,19,20). The number of ether oxygens (including phenoxy) is 1. The Morgan fingerprint density at radius 1 is 1.27 bits per heavy atom. The van der Waals surface area contributed by atoms with Crippen molar-refractivity contribution in [1.29, 1.82) is 0 Å². The number of alkyl halides is 2. The number of morpholine rings is 1. The number of anilines is 2. The molecule has 1 N–H and O–H groups in total. The number of nitrogens with one attached hydrogen (secondary N) is 1. The highest BCUT2D eigenvalue weighted by Crippen LogP contribution is 2.35. The molecular weight excluding hydrogens is 314 g/mol. The molecule has 2 heterocycles. The molecule has 0 atom stereocenters. The lowest BCUT2D eigenvalue weighted by Gasteiger charge is -2.32. The van der Waals surface area contributed by atoms with E-state index in [2.05, 4.69) is 20.2 Å². The van der Waals surface area contributed by atoms with Crippen molar-refractivity contribution >= 4 is 23.1 Å². The summed E-state index contributed by atoms with van der Waals surface area (Å²) in [6.07, 6.45) is 2.36. The van der Waals surface area contributed by atoms with Crippen molar-refractivity contribution in [3.63, 3.8) is 0 Å². The van der Waals surface area contributed by atoms with E-state index in [1.807, 2.05) is 0 Å². The summed E-state index contributed by atoms with van der Waals surface area (Å²) in [4.78, 5) is 10.4. The van der Waals surface area contributed by atoms with Crippen molar-refractivity contribution in [1.82, 2.24) is 9.97 Å². The van der Waals surface area contributed by atoms with Crippen LogP contribution in [0, 0.1) is 0 Å². The van der Waals surface area contributed by atoms with E-state index >= 15 is 0 Å². The maximum absolute atomic E-state index is 13.3. The predicted octanol–water partition coefficient (Wildman–Crippen LogP) is 2.96. The molecule has 1 aromatic heterocycles. The van der Waals surface area contributed by atoms with Gasteiger partial charge in [0.1, 0.15) is 0 Å². The van der Waals surface area contributed by atoms with E-state index < -0.39 is 5.92 Å². The minimum absolute atomic E-state index is 0.00891. The molecule has 0 radical (unpaired) electrons. The molecule has 0 unspecified atom stereocenters. The van der Waals surface area contributed by atoms with Crippen molar-refractivity contribution in [2.45, 2.75) is 37.6 Å². The van der Waals surface area contributed by atoms with Crippen LogP contribution in [0.15, 0.2) is 6.20 Å². The third-order valence-electron chi connectivity index (χ3n) is 4.15. The Bertz CT molecular complexity index is 516. The summed E-state index contributed by atoms with van der Waals surface area (Å²) in [7, 11) is 0. The smallest absolute Gasteiger partial charge is 0.248 e. The molecule has 5 nitrogen and oxygen atoms in total. The van der Waals surface area contributed by atoms with Crippen LogP contribution in [0.2, 0.25) is 5.28 Å². The van der Waals surface area contributed by atoms with Gasteiger partial charge in [-0.05, 0) is 24.4 Å². The Morgan fingerprint density at radius 3 is 2.64 bits per heavy atom. The molecule has 1 saturated heterocycles. The molecule has 3 rings (SSSR count). The number of hydrogen-bond acceptors (Lipinski definition) is 5. The average molecular weight is 333 g/mol. The van der Waals surface area contributed by atoms with Gasteiger partial charge in [0.2, 0.25) is 11.2 Å². The average Bonchev–Trinajstić information content (AvgIpc) is 2.50. The van der Waals surface area contributed by atoms with Gasteiger partial charge in [0.25, 0.3) is 0 Å². The number of nitrogens with zero attached hydrogens (tertiary/aromatic N) is 3. The van der Waals surface area contributed by atoms with Crippen LogP contribution >= 0.6 is 11.6 Å². The normalized spacial score (nSPS) is 22.6. The van der Waals surface area contributed by atoms with E-state index in [-0.39, 0.29) is 24.2 Å². The molecule has 1 aliphatic carbocycles. The first kappa shape index (κ1) is 15.7. The summed E-state index contributed by atoms with van der Waals surface area (Å²) in [5, 5.41) is 3.43. The first-order valence-electron chi connectivity index (χ1n) is 7.53. The van der Waals surface area contributed by atoms with Crippen molar-refractivity contribution in [2.75, 3.05) is 36.5 Å². The van der Waals surface area contributed by atoms with Crippen molar-refractivity contribution in [3.05, 3.63) is 11.5 Å². The lowest BCUT2D eigenvalue weighted by atomic mass is 9.92. The van der Waals surface area contributed by atoms with Crippen LogP contribution < -0.4 is 10.2 Å². The second kappa shape index (κ2) is 6.50. The first-order valence-corrected chi connectivity index (χ1v) is 7.91. The molecule has 1 saturated carbocycles. The lowest BCUT2D eigenvalue weighted by molar-refractivity contribution is -0.0361. The summed E-state index contributed by atoms with van der Waals surface area (Å²) in [6, 6.07) is -0.00891. The van der Waals surface area contributed by atoms with E-state index in [0.717, 1.165) is 18.8 Å². The lowest BCUT2D eigenvalue weighted by Crippen LogP contribution is -2.38. The van der Waals surface area contributed by atoms with Crippen LogP contribution in [0.1, 0.15) is 25.7 Å². The van der Waals surface area contributed by atoms with Crippen LogP contribution in [-0.4, -0.2) is 48.2 Å². The van der Waals surface area contributed by atoms with Crippen molar-refractivity contribution in [2.24, 2.45) is 0 Å². The summed E-state index contributed by atoms with van der Waals surface area (Å²) in [5.41, 5.74) is 0.852. The zero-order chi connectivity index (χ0) is 15.6. The molecule has 1 aliphatic heterocycles. The second-order valence-electron chi connectivity index (χ2n) is 5.75. The molecule has 8 heteroatoms. The van der Waals surface area contributed by atoms with Gasteiger partial charge in [-0.3, -0.25) is 0 Å². The minimum atomic E-state index is -2.53. The Labute approximate surface area is 133 Å². The van der Waals surface area contributed by atoms with E-state index in [1.54, 1.807) is 6.20 Å². The van der Waals surface area contributed by atoms with Gasteiger partial charge in [0.15, 0.2) is 5.82 Å². The van der Waals surface area contributed by atoms with E-state index in [9.17, 15) is 8.78 Å². The van der Waals surface area contributed by atoms with Crippen LogP contribution in [0.4, 0.5) is 20.3 Å². The zero-order valence-corrected chi connectivity index (χ0v) is 13.0. The highest BCUT2D eigenvalue weighted by Gasteiger charge is 2.35. The van der Waals surface area contributed by atoms with E-state index in [0.29, 0.717) is 31.9 Å². The van der Waals surface area contributed by atoms with Crippen LogP contribution in [0.3, 0.4) is 0 Å². The van der Waals surface area contributed by atoms with Gasteiger partial charge < -0.3 is 15.0 Å². The van der Waals surface area contributed by atoms with Gasteiger partial charge in [-0.1, -0.05) is 0 Å². The fraction of sp³-hybridized carbons (Fsp3) is 0.714. The van der Waals surface area contributed by atoms with Crippen LogP contribution in [-0.2, 0) is 4.74 Å². The van der Waals surface area contributed by atoms with E-state index in [4.69, 9.17) is 16.3 Å². The highest BCUT2D eigenvalue weighted by atomic mass is 35.5. The predicted molar refractivity (Wildman–Crippen MR) is 80.9 cm³/mol. The quantitative estimate of drug-likeness (QED) is 0.862. The fourth-order valence-electron chi connectivity index (χ4n) is 2.87. The number of halogens is 3. The van der Waals surface area contributed by atoms with Gasteiger partial charge >= 0.3 is 0 Å². The van der Waals surface area contributed by atoms with E-state index in [1.165, 1.54) is 0 Å². The molecule has 22 heavy (non-hydrogen) atoms. The van der Waals surface area contributed by atoms with Crippen molar-refractivity contribution in [3.8, 4) is 0 Å². The molecule has 122 valence electrons. The topological polar surface area (TPSA) is 50.3 Å². The van der Waals surface area contributed by atoms with Gasteiger partial charge in [0.05, 0.1) is 25.1 Å². The fourth-order valence-corrected chi connectivity index (χ4v) is 3.01. The Balaban J connectivity index is 1.73. The monoisotopic (exact) mass is 332 g/mol. The number of aromatic nitrogens is 2. The van der Waals surface area contributed by atoms with Crippen LogP contribution in [0.25, 0.3) is 0 Å². The molecular formula is C14H19ClF2N4O. The maximum atomic E-state index is 13.3. The highest BCUT2D eigenvalue weighted by molar-refractivity contribution is 6.28. The largest absolute Gasteiger partial charge is 0.378 e. The second-order valence-corrected chi connectivity index (χ2v) is 6.08. The van der Waals surface area contributed by atoms with Crippen molar-refractivity contribution < 1.29 is 13.5 Å². The number of rotatable bonds is 3. The van der Waals surface area contributed by atoms with Gasteiger partial charge in [-0.2, -0.15) is 4.98 Å². The zero-order valence-electron chi connectivity index (χ0n) is 12.2. The molecule has 0 aromatic carbocycles. The van der Waals surface area contributed by atoms with Gasteiger partial charge in [0, 0.05) is 32.0 Å². The van der Waals surface area contributed by atoms with Crippen LogP contribution in [0.5, 0.6) is 0 Å². The Morgan fingerprint density at radius 2 is 1.95 bits per heavy atom. The summed E-state index contributed by atoms with van der Waals surface area (Å²) in [5.74, 6) is -1.91. The Kier molecular flexibility index (Phi) is 4.63. The summed E-state index contributed by atoms with van der Waals surface area (Å²) < 4.78 is 31.9. The summed E-state index contributed by atoms with van der Waals surface area (Å²) >= 11 is 5.89. The van der Waals surface area contributed by atoms with Gasteiger partial charge in [-0.15, -0.1) is 0 Å². The molecule has 0 spiro atoms.